The maximum absolute atomic E-state index is 5.89. The van der Waals surface area contributed by atoms with Gasteiger partial charge in [0.25, 0.3) is 0 Å². The van der Waals surface area contributed by atoms with E-state index in [0.717, 1.165) is 28.2 Å². The van der Waals surface area contributed by atoms with E-state index in [2.05, 4.69) is 23.4 Å². The number of benzene rings is 2. The van der Waals surface area contributed by atoms with Gasteiger partial charge in [0.05, 0.1) is 12.7 Å². The van der Waals surface area contributed by atoms with Gasteiger partial charge in [0.15, 0.2) is 0 Å². The van der Waals surface area contributed by atoms with E-state index >= 15 is 0 Å². The lowest BCUT2D eigenvalue weighted by Gasteiger charge is -2.16. The summed E-state index contributed by atoms with van der Waals surface area (Å²) in [6.45, 7) is 11.1. The van der Waals surface area contributed by atoms with Crippen molar-refractivity contribution in [1.82, 2.24) is 0 Å². The molecule has 2 aromatic rings. The highest BCUT2D eigenvalue weighted by atomic mass is 16.6. The SMILES string of the molecule is CC(C)OC/C=C\COc1ccc2c(c1)/C(=N\OC(C)(C)C)c1ccccc1-2. The fourth-order valence-corrected chi connectivity index (χ4v) is 2.92. The van der Waals surface area contributed by atoms with Gasteiger partial charge in [-0.25, -0.2) is 0 Å². The van der Waals surface area contributed by atoms with Crippen LogP contribution in [0.5, 0.6) is 5.75 Å². The smallest absolute Gasteiger partial charge is 0.129 e. The van der Waals surface area contributed by atoms with Crippen molar-refractivity contribution in [1.29, 1.82) is 0 Å². The fourth-order valence-electron chi connectivity index (χ4n) is 2.92. The van der Waals surface area contributed by atoms with E-state index < -0.39 is 0 Å². The molecule has 0 atom stereocenters. The van der Waals surface area contributed by atoms with Crippen molar-refractivity contribution < 1.29 is 14.3 Å². The van der Waals surface area contributed by atoms with Crippen molar-refractivity contribution in [2.75, 3.05) is 13.2 Å². The topological polar surface area (TPSA) is 40.0 Å². The average molecular weight is 380 g/mol. The van der Waals surface area contributed by atoms with Crippen LogP contribution in [-0.4, -0.2) is 30.6 Å². The molecule has 0 aliphatic heterocycles. The molecule has 0 heterocycles. The predicted octanol–water partition coefficient (Wildman–Crippen LogP) is 5.59. The Bertz CT molecular complexity index is 876. The summed E-state index contributed by atoms with van der Waals surface area (Å²) < 4.78 is 11.4. The van der Waals surface area contributed by atoms with E-state index in [0.29, 0.717) is 13.2 Å². The highest BCUT2D eigenvalue weighted by Gasteiger charge is 2.26. The van der Waals surface area contributed by atoms with Crippen molar-refractivity contribution in [2.45, 2.75) is 46.3 Å². The number of oxime groups is 1. The van der Waals surface area contributed by atoms with Gasteiger partial charge >= 0.3 is 0 Å². The monoisotopic (exact) mass is 379 g/mol. The lowest BCUT2D eigenvalue weighted by atomic mass is 10.1. The Labute approximate surface area is 167 Å². The lowest BCUT2D eigenvalue weighted by Crippen LogP contribution is -2.17. The first-order valence-corrected chi connectivity index (χ1v) is 9.75. The van der Waals surface area contributed by atoms with Gasteiger partial charge in [-0.2, -0.15) is 0 Å². The molecular formula is C24H29NO3. The number of fused-ring (bicyclic) bond motifs is 3. The van der Waals surface area contributed by atoms with Crippen LogP contribution in [0.1, 0.15) is 45.7 Å². The van der Waals surface area contributed by atoms with Crippen LogP contribution in [0.2, 0.25) is 0 Å². The Hall–Kier alpha value is -2.59. The fraction of sp³-hybridized carbons (Fsp3) is 0.375. The molecule has 0 unspecified atom stereocenters. The van der Waals surface area contributed by atoms with E-state index in [1.807, 2.05) is 71.0 Å². The van der Waals surface area contributed by atoms with Crippen LogP contribution >= 0.6 is 0 Å². The first kappa shape index (κ1) is 20.2. The molecule has 0 spiro atoms. The third-order valence-corrected chi connectivity index (χ3v) is 4.17. The van der Waals surface area contributed by atoms with Gasteiger partial charge in [-0.1, -0.05) is 35.5 Å². The van der Waals surface area contributed by atoms with Crippen LogP contribution in [0.15, 0.2) is 59.8 Å². The number of nitrogens with zero attached hydrogens (tertiary/aromatic N) is 1. The minimum Gasteiger partial charge on any atom is -0.490 e. The van der Waals surface area contributed by atoms with Gasteiger partial charge in [-0.15, -0.1) is 0 Å². The Morgan fingerprint density at radius 1 is 0.893 bits per heavy atom. The molecule has 28 heavy (non-hydrogen) atoms. The summed E-state index contributed by atoms with van der Waals surface area (Å²) in [6, 6.07) is 14.4. The number of rotatable bonds is 7. The quantitative estimate of drug-likeness (QED) is 0.396. The number of ether oxygens (including phenoxy) is 2. The average Bonchev–Trinajstić information content (AvgIpc) is 2.95. The molecule has 4 nitrogen and oxygen atoms in total. The molecule has 0 bridgehead atoms. The zero-order valence-corrected chi connectivity index (χ0v) is 17.4. The van der Waals surface area contributed by atoms with Crippen molar-refractivity contribution in [3.63, 3.8) is 0 Å². The largest absolute Gasteiger partial charge is 0.490 e. The molecule has 4 heteroatoms. The normalized spacial score (nSPS) is 14.6. The second-order valence-corrected chi connectivity index (χ2v) is 8.06. The van der Waals surface area contributed by atoms with Gasteiger partial charge in [-0.05, 0) is 70.0 Å². The van der Waals surface area contributed by atoms with Gasteiger partial charge in [0.1, 0.15) is 23.7 Å². The van der Waals surface area contributed by atoms with Crippen molar-refractivity contribution >= 4 is 5.71 Å². The second kappa shape index (κ2) is 8.61. The van der Waals surface area contributed by atoms with Crippen molar-refractivity contribution in [3.05, 3.63) is 65.7 Å². The molecule has 3 rings (SSSR count). The lowest BCUT2D eigenvalue weighted by molar-refractivity contribution is 0.00121. The van der Waals surface area contributed by atoms with E-state index in [1.165, 1.54) is 5.56 Å². The third kappa shape index (κ3) is 5.02. The van der Waals surface area contributed by atoms with Gasteiger partial charge in [0.2, 0.25) is 0 Å². The van der Waals surface area contributed by atoms with Crippen molar-refractivity contribution in [2.24, 2.45) is 5.16 Å². The molecule has 2 aromatic carbocycles. The van der Waals surface area contributed by atoms with Crippen LogP contribution < -0.4 is 4.74 Å². The predicted molar refractivity (Wildman–Crippen MR) is 114 cm³/mol. The molecule has 0 N–H and O–H groups in total. The first-order chi connectivity index (χ1) is 13.3. The molecule has 0 aromatic heterocycles. The zero-order valence-electron chi connectivity index (χ0n) is 17.4. The molecule has 0 radical (unpaired) electrons. The van der Waals surface area contributed by atoms with E-state index in [9.17, 15) is 0 Å². The molecule has 0 amide bonds. The van der Waals surface area contributed by atoms with Crippen LogP contribution in [-0.2, 0) is 9.57 Å². The van der Waals surface area contributed by atoms with E-state index in [-0.39, 0.29) is 11.7 Å². The molecule has 1 aliphatic rings. The van der Waals surface area contributed by atoms with Crippen LogP contribution in [0.25, 0.3) is 11.1 Å². The highest BCUT2D eigenvalue weighted by molar-refractivity contribution is 6.24. The molecule has 0 saturated carbocycles. The Morgan fingerprint density at radius 2 is 1.57 bits per heavy atom. The van der Waals surface area contributed by atoms with Crippen molar-refractivity contribution in [3.8, 4) is 16.9 Å². The summed E-state index contributed by atoms with van der Waals surface area (Å²) >= 11 is 0. The molecule has 0 fully saturated rings. The minimum absolute atomic E-state index is 0.233. The van der Waals surface area contributed by atoms with Crippen LogP contribution in [0.4, 0.5) is 0 Å². The zero-order chi connectivity index (χ0) is 20.1. The Morgan fingerprint density at radius 3 is 2.29 bits per heavy atom. The molecule has 1 aliphatic carbocycles. The summed E-state index contributed by atoms with van der Waals surface area (Å²) in [5.41, 5.74) is 4.96. The first-order valence-electron chi connectivity index (χ1n) is 9.75. The van der Waals surface area contributed by atoms with E-state index in [1.54, 1.807) is 0 Å². The summed E-state index contributed by atoms with van der Waals surface area (Å²) in [5.74, 6) is 0.810. The molecule has 148 valence electrons. The minimum atomic E-state index is -0.346. The van der Waals surface area contributed by atoms with Gasteiger partial charge in [-0.3, -0.25) is 0 Å². The highest BCUT2D eigenvalue weighted by Crippen LogP contribution is 2.39. The third-order valence-electron chi connectivity index (χ3n) is 4.17. The summed E-state index contributed by atoms with van der Waals surface area (Å²) in [6.07, 6.45) is 4.19. The summed E-state index contributed by atoms with van der Waals surface area (Å²) in [7, 11) is 0. The molecular weight excluding hydrogens is 350 g/mol. The number of hydrogen-bond donors (Lipinski definition) is 0. The number of hydrogen-bond acceptors (Lipinski definition) is 4. The molecule has 0 saturated heterocycles. The Balaban J connectivity index is 1.79. The summed E-state index contributed by atoms with van der Waals surface area (Å²) in [5, 5.41) is 4.49. The summed E-state index contributed by atoms with van der Waals surface area (Å²) in [4.78, 5) is 5.73. The van der Waals surface area contributed by atoms with Gasteiger partial charge < -0.3 is 14.3 Å². The second-order valence-electron chi connectivity index (χ2n) is 8.06. The van der Waals surface area contributed by atoms with Gasteiger partial charge in [0, 0.05) is 11.1 Å². The Kier molecular flexibility index (Phi) is 6.20. The maximum atomic E-state index is 5.89. The van der Waals surface area contributed by atoms with Crippen LogP contribution in [0.3, 0.4) is 0 Å². The maximum Gasteiger partial charge on any atom is 0.129 e. The van der Waals surface area contributed by atoms with Crippen LogP contribution in [0, 0.1) is 0 Å². The van der Waals surface area contributed by atoms with E-state index in [4.69, 9.17) is 14.3 Å². The standard InChI is InChI=1S/C24H29NO3/c1-17(2)26-14-8-9-15-27-18-12-13-20-19-10-6-7-11-21(19)23(22(20)16-18)25-28-24(3,4)5/h6-13,16-17H,14-15H2,1-5H3/b9-8-,25-23-.